The summed E-state index contributed by atoms with van der Waals surface area (Å²) in [5.74, 6) is -1.04. The normalized spacial score (nSPS) is 23.5. The summed E-state index contributed by atoms with van der Waals surface area (Å²) in [5.41, 5.74) is 7.76. The van der Waals surface area contributed by atoms with E-state index in [9.17, 15) is 9.18 Å². The van der Waals surface area contributed by atoms with E-state index in [4.69, 9.17) is 10.5 Å². The Labute approximate surface area is 176 Å². The molecule has 160 valence electrons. The molecule has 3 aromatic heterocycles. The summed E-state index contributed by atoms with van der Waals surface area (Å²) in [6.45, 7) is 3.46. The highest BCUT2D eigenvalue weighted by atomic mass is 19.1. The second-order valence-electron chi connectivity index (χ2n) is 8.14. The first-order chi connectivity index (χ1) is 15.1. The zero-order chi connectivity index (χ0) is 21.1. The number of piperazine rings is 1. The van der Waals surface area contributed by atoms with Crippen molar-refractivity contribution in [2.24, 2.45) is 0 Å². The van der Waals surface area contributed by atoms with Gasteiger partial charge < -0.3 is 20.7 Å². The lowest BCUT2D eigenvalue weighted by Crippen LogP contribution is -2.56. The first kappa shape index (κ1) is 18.5. The summed E-state index contributed by atoms with van der Waals surface area (Å²) in [5, 5.41) is 6.90. The lowest BCUT2D eigenvalue weighted by Gasteiger charge is -2.43. The van der Waals surface area contributed by atoms with E-state index < -0.39 is 11.7 Å². The maximum atomic E-state index is 13.4. The zero-order valence-corrected chi connectivity index (χ0v) is 16.6. The minimum atomic E-state index is -0.567. The molecule has 0 bridgehead atoms. The highest BCUT2D eigenvalue weighted by Crippen LogP contribution is 2.43. The van der Waals surface area contributed by atoms with E-state index in [1.54, 1.807) is 12.4 Å². The van der Waals surface area contributed by atoms with Crippen molar-refractivity contribution in [2.75, 3.05) is 42.3 Å². The van der Waals surface area contributed by atoms with E-state index in [-0.39, 0.29) is 17.0 Å². The monoisotopic (exact) mass is 424 g/mol. The Balaban J connectivity index is 1.26. The van der Waals surface area contributed by atoms with Gasteiger partial charge in [0.2, 0.25) is 0 Å². The fourth-order valence-corrected chi connectivity index (χ4v) is 4.65. The Morgan fingerprint density at radius 1 is 1.26 bits per heavy atom. The van der Waals surface area contributed by atoms with Gasteiger partial charge in [0.15, 0.2) is 17.3 Å². The predicted octanol–water partition coefficient (Wildman–Crippen LogP) is 0.760. The number of nitrogen functional groups attached to an aromatic ring is 1. The molecule has 6 rings (SSSR count). The highest BCUT2D eigenvalue weighted by molar-refractivity contribution is 6.12. The van der Waals surface area contributed by atoms with E-state index in [2.05, 4.69) is 30.2 Å². The number of hydrogen-bond donors (Lipinski definition) is 2. The second-order valence-corrected chi connectivity index (χ2v) is 8.14. The van der Waals surface area contributed by atoms with Crippen molar-refractivity contribution in [3.05, 3.63) is 42.2 Å². The molecular weight excluding hydrogens is 403 g/mol. The number of nitrogens with zero attached hydrogens (tertiary/aromatic N) is 6. The van der Waals surface area contributed by atoms with Crippen molar-refractivity contribution in [3.8, 4) is 0 Å². The predicted molar refractivity (Wildman–Crippen MR) is 110 cm³/mol. The molecule has 31 heavy (non-hydrogen) atoms. The Bertz CT molecular complexity index is 1180. The number of pyridine rings is 1. The molecule has 2 atom stereocenters. The third-order valence-corrected chi connectivity index (χ3v) is 6.29. The van der Waals surface area contributed by atoms with Crippen LogP contribution >= 0.6 is 0 Å². The minimum Gasteiger partial charge on any atom is -0.381 e. The molecule has 2 saturated heterocycles. The fraction of sp³-hybridized carbons (Fsp3) is 0.400. The number of fused-ring (bicyclic) bond motifs is 2. The summed E-state index contributed by atoms with van der Waals surface area (Å²) in [6.07, 6.45) is 6.62. The van der Waals surface area contributed by atoms with Gasteiger partial charge in [0.1, 0.15) is 5.56 Å². The van der Waals surface area contributed by atoms with Gasteiger partial charge >= 0.3 is 0 Å². The van der Waals surface area contributed by atoms with Gasteiger partial charge in [-0.2, -0.15) is 0 Å². The van der Waals surface area contributed by atoms with E-state index in [0.717, 1.165) is 50.8 Å². The number of halogens is 1. The van der Waals surface area contributed by atoms with Gasteiger partial charge in [0.25, 0.3) is 5.91 Å². The van der Waals surface area contributed by atoms with Crippen molar-refractivity contribution in [2.45, 2.75) is 24.5 Å². The molecule has 3 aliphatic rings. The van der Waals surface area contributed by atoms with Crippen LogP contribution in [0.15, 0.2) is 30.9 Å². The van der Waals surface area contributed by atoms with Crippen LogP contribution in [0.1, 0.15) is 16.8 Å². The second kappa shape index (κ2) is 6.86. The Kier molecular flexibility index (Phi) is 4.08. The molecular formula is C20H21FN8O2. The van der Waals surface area contributed by atoms with Crippen LogP contribution in [0, 0.1) is 5.82 Å². The van der Waals surface area contributed by atoms with Crippen LogP contribution in [0.25, 0.3) is 5.65 Å². The van der Waals surface area contributed by atoms with E-state index in [1.165, 1.54) is 4.52 Å². The van der Waals surface area contributed by atoms with Gasteiger partial charge in [-0.05, 0) is 12.5 Å². The largest absolute Gasteiger partial charge is 0.381 e. The third-order valence-electron chi connectivity index (χ3n) is 6.29. The van der Waals surface area contributed by atoms with Gasteiger partial charge in [-0.25, -0.2) is 13.9 Å². The average Bonchev–Trinajstić information content (AvgIpc) is 3.44. The van der Waals surface area contributed by atoms with Crippen LogP contribution in [0.3, 0.4) is 0 Å². The van der Waals surface area contributed by atoms with Gasteiger partial charge in [-0.1, -0.05) is 0 Å². The van der Waals surface area contributed by atoms with Crippen LogP contribution in [-0.4, -0.2) is 74.8 Å². The summed E-state index contributed by atoms with van der Waals surface area (Å²) in [7, 11) is 0. The maximum absolute atomic E-state index is 13.4. The van der Waals surface area contributed by atoms with Crippen LogP contribution < -0.4 is 16.0 Å². The molecule has 0 aromatic carbocycles. The number of rotatable bonds is 4. The molecule has 1 aliphatic carbocycles. The highest BCUT2D eigenvalue weighted by Gasteiger charge is 2.52. The molecule has 1 amide bonds. The molecule has 3 fully saturated rings. The van der Waals surface area contributed by atoms with Crippen molar-refractivity contribution < 1.29 is 13.9 Å². The van der Waals surface area contributed by atoms with Crippen LogP contribution in [0.5, 0.6) is 0 Å². The van der Waals surface area contributed by atoms with Gasteiger partial charge in [0, 0.05) is 31.4 Å². The van der Waals surface area contributed by atoms with Gasteiger partial charge in [-0.15, -0.1) is 5.10 Å². The number of hydrogen-bond acceptors (Lipinski definition) is 8. The maximum Gasteiger partial charge on any atom is 0.263 e. The van der Waals surface area contributed by atoms with Gasteiger partial charge in [-0.3, -0.25) is 14.7 Å². The topological polar surface area (TPSA) is 114 Å². The summed E-state index contributed by atoms with van der Waals surface area (Å²) in [6, 6.07) is 3.39. The molecule has 1 saturated carbocycles. The fourth-order valence-electron chi connectivity index (χ4n) is 4.65. The number of anilines is 3. The van der Waals surface area contributed by atoms with Crippen LogP contribution in [0.2, 0.25) is 0 Å². The van der Waals surface area contributed by atoms with Crippen LogP contribution in [0.4, 0.5) is 21.6 Å². The lowest BCUT2D eigenvalue weighted by atomic mass is 10.1. The van der Waals surface area contributed by atoms with E-state index >= 15 is 0 Å². The number of carbonyl (C=O) groups excluding carboxylic acids is 1. The van der Waals surface area contributed by atoms with E-state index in [0.29, 0.717) is 23.8 Å². The number of carbonyl (C=O) groups is 1. The number of nitrogens with one attached hydrogen (secondary N) is 1. The Morgan fingerprint density at radius 3 is 2.94 bits per heavy atom. The average molecular weight is 424 g/mol. The van der Waals surface area contributed by atoms with Gasteiger partial charge in [0.05, 0.1) is 49.2 Å². The van der Waals surface area contributed by atoms with Crippen molar-refractivity contribution in [1.29, 1.82) is 0 Å². The third kappa shape index (κ3) is 3.00. The molecule has 3 N–H and O–H groups in total. The number of nitrogens with two attached hydrogens (primary N) is 1. The number of amides is 1. The zero-order valence-electron chi connectivity index (χ0n) is 16.6. The smallest absolute Gasteiger partial charge is 0.263 e. The molecule has 3 aromatic rings. The quantitative estimate of drug-likeness (QED) is 0.631. The van der Waals surface area contributed by atoms with Crippen molar-refractivity contribution >= 4 is 28.7 Å². The summed E-state index contributed by atoms with van der Waals surface area (Å²) in [4.78, 5) is 26.1. The van der Waals surface area contributed by atoms with Crippen molar-refractivity contribution in [3.63, 3.8) is 0 Å². The number of aromatic nitrogens is 4. The van der Waals surface area contributed by atoms with Crippen LogP contribution in [-0.2, 0) is 4.74 Å². The molecule has 2 unspecified atom stereocenters. The molecule has 11 heteroatoms. The Hall–Kier alpha value is -3.31. The SMILES string of the molecule is Nc1nn2cc(F)cnc2c1C(=O)Nc1cnccc1N1CCN(C2COC2)C2CC21. The Morgan fingerprint density at radius 2 is 2.13 bits per heavy atom. The van der Waals surface area contributed by atoms with E-state index in [1.807, 2.05) is 6.07 Å². The molecule has 2 aliphatic heterocycles. The number of ether oxygens (including phenoxy) is 1. The first-order valence-electron chi connectivity index (χ1n) is 10.2. The molecule has 5 heterocycles. The minimum absolute atomic E-state index is 0.0142. The lowest BCUT2D eigenvalue weighted by molar-refractivity contribution is -0.0701. The molecule has 0 radical (unpaired) electrons. The first-order valence-corrected chi connectivity index (χ1v) is 10.2. The molecule has 10 nitrogen and oxygen atoms in total. The van der Waals surface area contributed by atoms with Crippen molar-refractivity contribution in [1.82, 2.24) is 24.5 Å². The molecule has 0 spiro atoms. The standard InChI is InChI=1S/C20H21FN8O2/c21-11-6-24-19-17(18(22)26-29(19)8-11)20(30)25-13-7-23-2-1-14(13)28-4-3-27(12-9-31-10-12)15-5-16(15)28/h1-2,6-8,12,15-16H,3-5,9-10H2,(H2,22,26)(H,25,30). The summed E-state index contributed by atoms with van der Waals surface area (Å²) >= 11 is 0. The summed E-state index contributed by atoms with van der Waals surface area (Å²) < 4.78 is 20.0.